The van der Waals surface area contributed by atoms with E-state index in [1.54, 1.807) is 17.8 Å². The number of hydrogen-bond acceptors (Lipinski definition) is 3. The standard InChI is InChI=1S/C13H18ClN3O2/c1-9-10(12(14)17(2)16-9)4-5-11(19)15-13(8-18)6-3-7-13/h4-5,18H,3,6-8H2,1-2H3,(H,15,19)/b5-4+. The molecule has 6 heteroatoms. The van der Waals surface area contributed by atoms with Crippen molar-refractivity contribution < 1.29 is 9.90 Å². The third-order valence-electron chi connectivity index (χ3n) is 3.60. The van der Waals surface area contributed by atoms with Crippen molar-refractivity contribution in [1.82, 2.24) is 15.1 Å². The molecule has 0 saturated heterocycles. The lowest BCUT2D eigenvalue weighted by molar-refractivity contribution is -0.120. The molecule has 1 aliphatic carbocycles. The Hall–Kier alpha value is -1.33. The second-order valence-electron chi connectivity index (χ2n) is 5.03. The zero-order valence-electron chi connectivity index (χ0n) is 11.1. The van der Waals surface area contributed by atoms with Gasteiger partial charge in [-0.3, -0.25) is 9.48 Å². The molecule has 19 heavy (non-hydrogen) atoms. The molecule has 0 bridgehead atoms. The van der Waals surface area contributed by atoms with Crippen molar-refractivity contribution in [3.8, 4) is 0 Å². The number of aliphatic hydroxyl groups is 1. The van der Waals surface area contributed by atoms with E-state index >= 15 is 0 Å². The van der Waals surface area contributed by atoms with E-state index in [1.807, 2.05) is 6.92 Å². The maximum atomic E-state index is 11.8. The highest BCUT2D eigenvalue weighted by molar-refractivity contribution is 6.31. The topological polar surface area (TPSA) is 67.2 Å². The first kappa shape index (κ1) is 14.1. The molecule has 1 heterocycles. The predicted molar refractivity (Wildman–Crippen MR) is 73.8 cm³/mol. The second kappa shape index (κ2) is 5.35. The van der Waals surface area contributed by atoms with Crippen molar-refractivity contribution in [2.24, 2.45) is 7.05 Å². The molecule has 1 amide bonds. The fourth-order valence-corrected chi connectivity index (χ4v) is 2.46. The minimum Gasteiger partial charge on any atom is -0.394 e. The van der Waals surface area contributed by atoms with Crippen molar-refractivity contribution in [3.05, 3.63) is 22.5 Å². The summed E-state index contributed by atoms with van der Waals surface area (Å²) in [6.07, 6.45) is 5.79. The quantitative estimate of drug-likeness (QED) is 0.822. The number of aromatic nitrogens is 2. The molecule has 1 aromatic heterocycles. The van der Waals surface area contributed by atoms with E-state index in [9.17, 15) is 9.90 Å². The third-order valence-corrected chi connectivity index (χ3v) is 4.05. The lowest BCUT2D eigenvalue weighted by Crippen LogP contribution is -2.55. The van der Waals surface area contributed by atoms with Gasteiger partial charge in [-0.25, -0.2) is 0 Å². The molecule has 0 radical (unpaired) electrons. The molecule has 0 aliphatic heterocycles. The molecule has 0 unspecified atom stereocenters. The molecule has 1 aliphatic rings. The van der Waals surface area contributed by atoms with Crippen LogP contribution < -0.4 is 5.32 Å². The molecule has 104 valence electrons. The number of nitrogens with zero attached hydrogens (tertiary/aromatic N) is 2. The second-order valence-corrected chi connectivity index (χ2v) is 5.39. The smallest absolute Gasteiger partial charge is 0.244 e. The van der Waals surface area contributed by atoms with Crippen molar-refractivity contribution in [3.63, 3.8) is 0 Å². The predicted octanol–water partition coefficient (Wildman–Crippen LogP) is 1.43. The van der Waals surface area contributed by atoms with E-state index in [0.29, 0.717) is 5.15 Å². The van der Waals surface area contributed by atoms with Gasteiger partial charge in [0.25, 0.3) is 0 Å². The molecule has 0 aromatic carbocycles. The van der Waals surface area contributed by atoms with Gasteiger partial charge in [0.05, 0.1) is 17.8 Å². The van der Waals surface area contributed by atoms with E-state index in [-0.39, 0.29) is 12.5 Å². The number of rotatable bonds is 4. The highest BCUT2D eigenvalue weighted by atomic mass is 35.5. The Kier molecular flexibility index (Phi) is 3.96. The summed E-state index contributed by atoms with van der Waals surface area (Å²) < 4.78 is 1.57. The zero-order chi connectivity index (χ0) is 14.0. The van der Waals surface area contributed by atoms with Crippen LogP contribution in [0.5, 0.6) is 0 Å². The highest BCUT2D eigenvalue weighted by Gasteiger charge is 2.37. The van der Waals surface area contributed by atoms with Crippen LogP contribution in [-0.2, 0) is 11.8 Å². The Morgan fingerprint density at radius 1 is 1.63 bits per heavy atom. The summed E-state index contributed by atoms with van der Waals surface area (Å²) >= 11 is 6.07. The van der Waals surface area contributed by atoms with Gasteiger partial charge in [-0.1, -0.05) is 11.6 Å². The summed E-state index contributed by atoms with van der Waals surface area (Å²) in [6.45, 7) is 1.82. The number of aliphatic hydroxyl groups excluding tert-OH is 1. The lowest BCUT2D eigenvalue weighted by Gasteiger charge is -2.40. The fourth-order valence-electron chi connectivity index (χ4n) is 2.22. The molecular formula is C13H18ClN3O2. The van der Waals surface area contributed by atoms with Crippen LogP contribution in [0.2, 0.25) is 5.15 Å². The number of amides is 1. The summed E-state index contributed by atoms with van der Waals surface area (Å²) in [5, 5.41) is 16.8. The summed E-state index contributed by atoms with van der Waals surface area (Å²) in [4.78, 5) is 11.8. The Labute approximate surface area is 117 Å². The van der Waals surface area contributed by atoms with E-state index in [4.69, 9.17) is 11.6 Å². The number of nitrogens with one attached hydrogen (secondary N) is 1. The van der Waals surface area contributed by atoms with Crippen LogP contribution in [0.15, 0.2) is 6.08 Å². The van der Waals surface area contributed by atoms with Crippen LogP contribution in [0.1, 0.15) is 30.5 Å². The van der Waals surface area contributed by atoms with E-state index in [0.717, 1.165) is 30.5 Å². The Balaban J connectivity index is 2.04. The van der Waals surface area contributed by atoms with Gasteiger partial charge in [-0.15, -0.1) is 0 Å². The SMILES string of the molecule is Cc1nn(C)c(Cl)c1/C=C/C(=O)NC1(CO)CCC1. The Bertz CT molecular complexity index is 513. The molecule has 1 saturated carbocycles. The largest absolute Gasteiger partial charge is 0.394 e. The monoisotopic (exact) mass is 283 g/mol. The van der Waals surface area contributed by atoms with Gasteiger partial charge in [-0.05, 0) is 32.3 Å². The summed E-state index contributed by atoms with van der Waals surface area (Å²) in [5.41, 5.74) is 1.10. The third kappa shape index (κ3) is 2.82. The van der Waals surface area contributed by atoms with Gasteiger partial charge in [0.1, 0.15) is 5.15 Å². The fraction of sp³-hybridized carbons (Fsp3) is 0.538. The molecule has 2 N–H and O–H groups in total. The van der Waals surface area contributed by atoms with Crippen LogP contribution in [0, 0.1) is 6.92 Å². The first-order valence-corrected chi connectivity index (χ1v) is 6.65. The first-order chi connectivity index (χ1) is 8.97. The normalized spacial score (nSPS) is 17.5. The van der Waals surface area contributed by atoms with Gasteiger partial charge in [0.2, 0.25) is 5.91 Å². The molecule has 1 fully saturated rings. The van der Waals surface area contributed by atoms with Gasteiger partial charge in [0.15, 0.2) is 0 Å². The molecule has 0 atom stereocenters. The summed E-state index contributed by atoms with van der Waals surface area (Å²) in [7, 11) is 1.75. The summed E-state index contributed by atoms with van der Waals surface area (Å²) in [5.74, 6) is -0.215. The van der Waals surface area contributed by atoms with Crippen LogP contribution >= 0.6 is 11.6 Å². The number of carbonyl (C=O) groups is 1. The number of carbonyl (C=O) groups excluding carboxylic acids is 1. The molecular weight excluding hydrogens is 266 g/mol. The van der Waals surface area contributed by atoms with Crippen LogP contribution in [0.3, 0.4) is 0 Å². The van der Waals surface area contributed by atoms with Gasteiger partial charge >= 0.3 is 0 Å². The molecule has 1 aromatic rings. The van der Waals surface area contributed by atoms with Crippen LogP contribution in [0.25, 0.3) is 6.08 Å². The van der Waals surface area contributed by atoms with Crippen molar-refractivity contribution in [1.29, 1.82) is 0 Å². The van der Waals surface area contributed by atoms with Gasteiger partial charge in [0, 0.05) is 18.7 Å². The van der Waals surface area contributed by atoms with Crippen molar-refractivity contribution in [2.45, 2.75) is 31.7 Å². The molecule has 0 spiro atoms. The number of hydrogen-bond donors (Lipinski definition) is 2. The van der Waals surface area contributed by atoms with E-state index in [1.165, 1.54) is 6.08 Å². The zero-order valence-corrected chi connectivity index (χ0v) is 11.9. The Morgan fingerprint density at radius 2 is 2.32 bits per heavy atom. The Morgan fingerprint density at radius 3 is 2.74 bits per heavy atom. The first-order valence-electron chi connectivity index (χ1n) is 6.28. The van der Waals surface area contributed by atoms with Gasteiger partial charge < -0.3 is 10.4 Å². The van der Waals surface area contributed by atoms with E-state index in [2.05, 4.69) is 10.4 Å². The van der Waals surface area contributed by atoms with Crippen molar-refractivity contribution in [2.75, 3.05) is 6.61 Å². The number of aryl methyl sites for hydroxylation is 2. The summed E-state index contributed by atoms with van der Waals surface area (Å²) in [6, 6.07) is 0. The van der Waals surface area contributed by atoms with Crippen LogP contribution in [-0.4, -0.2) is 32.9 Å². The van der Waals surface area contributed by atoms with Crippen molar-refractivity contribution >= 4 is 23.6 Å². The minimum absolute atomic E-state index is 0.0146. The highest BCUT2D eigenvalue weighted by Crippen LogP contribution is 2.31. The lowest BCUT2D eigenvalue weighted by atomic mass is 9.77. The average molecular weight is 284 g/mol. The van der Waals surface area contributed by atoms with E-state index < -0.39 is 5.54 Å². The average Bonchev–Trinajstić information content (AvgIpc) is 2.56. The maximum Gasteiger partial charge on any atom is 0.244 e. The van der Waals surface area contributed by atoms with Gasteiger partial charge in [-0.2, -0.15) is 5.10 Å². The minimum atomic E-state index is -0.421. The molecule has 2 rings (SSSR count). The van der Waals surface area contributed by atoms with Crippen LogP contribution in [0.4, 0.5) is 0 Å². The molecule has 5 nitrogen and oxygen atoms in total. The number of halogens is 1. The maximum absolute atomic E-state index is 11.8.